The molecule has 6 nitrogen and oxygen atoms in total. The lowest BCUT2D eigenvalue weighted by molar-refractivity contribution is -0.384. The van der Waals surface area contributed by atoms with Crippen molar-refractivity contribution in [3.8, 4) is 0 Å². The van der Waals surface area contributed by atoms with E-state index in [-0.39, 0.29) is 17.3 Å². The van der Waals surface area contributed by atoms with Gasteiger partial charge in [-0.05, 0) is 17.7 Å². The molecule has 2 rings (SSSR count). The fraction of sp³-hybridized carbons (Fsp3) is 0.133. The monoisotopic (exact) mass is 317 g/mol. The molecule has 0 aromatic heterocycles. The Hall–Kier alpha value is -2.54. The maximum Gasteiger partial charge on any atom is 0.269 e. The summed E-state index contributed by atoms with van der Waals surface area (Å²) in [5.74, 6) is -0.173. The van der Waals surface area contributed by atoms with Gasteiger partial charge >= 0.3 is 0 Å². The number of anilines is 1. The Balaban J connectivity index is 2.06. The lowest BCUT2D eigenvalue weighted by Gasteiger charge is -2.11. The zero-order chi connectivity index (χ0) is 15.9. The first kappa shape index (κ1) is 15.8. The number of benzene rings is 2. The summed E-state index contributed by atoms with van der Waals surface area (Å²) in [5.41, 5.74) is 6.89. The van der Waals surface area contributed by atoms with Crippen molar-refractivity contribution in [2.45, 2.75) is 11.4 Å². The van der Waals surface area contributed by atoms with Gasteiger partial charge in [-0.2, -0.15) is 0 Å². The molecular formula is C15H15N3O3S. The van der Waals surface area contributed by atoms with Crippen molar-refractivity contribution in [1.82, 2.24) is 0 Å². The number of nitrogens with zero attached hydrogens (tertiary/aromatic N) is 1. The normalized spacial score (nSPS) is 10.2. The van der Waals surface area contributed by atoms with E-state index in [0.717, 1.165) is 16.1 Å². The van der Waals surface area contributed by atoms with Crippen molar-refractivity contribution >= 4 is 29.0 Å². The van der Waals surface area contributed by atoms with Crippen LogP contribution in [0.3, 0.4) is 0 Å². The number of nitrogens with two attached hydrogens (primary N) is 1. The van der Waals surface area contributed by atoms with E-state index in [2.05, 4.69) is 5.32 Å². The molecule has 0 unspecified atom stereocenters. The Morgan fingerprint density at radius 3 is 2.73 bits per heavy atom. The molecule has 7 heteroatoms. The molecule has 114 valence electrons. The molecule has 0 atom stereocenters. The molecule has 1 amide bonds. The van der Waals surface area contributed by atoms with E-state index in [4.69, 9.17) is 5.73 Å². The zero-order valence-corrected chi connectivity index (χ0v) is 12.5. The van der Waals surface area contributed by atoms with Crippen LogP contribution in [0.5, 0.6) is 0 Å². The zero-order valence-electron chi connectivity index (χ0n) is 11.7. The molecular weight excluding hydrogens is 302 g/mol. The van der Waals surface area contributed by atoms with Gasteiger partial charge in [-0.15, -0.1) is 11.8 Å². The van der Waals surface area contributed by atoms with Crippen LogP contribution in [0.2, 0.25) is 0 Å². The Bertz CT molecular complexity index is 691. The molecule has 0 aliphatic rings. The number of rotatable bonds is 7. The smallest absolute Gasteiger partial charge is 0.269 e. The van der Waals surface area contributed by atoms with Crippen LogP contribution in [0.1, 0.15) is 5.56 Å². The Kier molecular flexibility index (Phi) is 5.37. The largest absolute Gasteiger partial charge is 0.380 e. The topological polar surface area (TPSA) is 98.3 Å². The van der Waals surface area contributed by atoms with Crippen molar-refractivity contribution < 1.29 is 9.72 Å². The molecule has 0 saturated carbocycles. The van der Waals surface area contributed by atoms with Gasteiger partial charge in [-0.25, -0.2) is 0 Å². The Morgan fingerprint density at radius 2 is 2.00 bits per heavy atom. The number of para-hydroxylation sites is 1. The number of hydrogen-bond donors (Lipinski definition) is 2. The van der Waals surface area contributed by atoms with Gasteiger partial charge in [0.25, 0.3) is 5.69 Å². The van der Waals surface area contributed by atoms with Crippen LogP contribution in [0.4, 0.5) is 11.4 Å². The molecule has 22 heavy (non-hydrogen) atoms. The summed E-state index contributed by atoms with van der Waals surface area (Å²) in [5, 5.41) is 14.0. The molecule has 0 aliphatic carbocycles. The van der Waals surface area contributed by atoms with E-state index in [9.17, 15) is 14.9 Å². The minimum atomic E-state index is -0.417. The third-order valence-corrected chi connectivity index (χ3v) is 3.96. The maximum atomic E-state index is 10.9. The number of thioether (sulfide) groups is 1. The van der Waals surface area contributed by atoms with Gasteiger partial charge in [0.1, 0.15) is 0 Å². The van der Waals surface area contributed by atoms with Gasteiger partial charge in [-0.1, -0.05) is 24.3 Å². The van der Waals surface area contributed by atoms with Crippen LogP contribution in [0.15, 0.2) is 53.4 Å². The van der Waals surface area contributed by atoms with Crippen molar-refractivity contribution in [2.24, 2.45) is 5.73 Å². The number of carbonyl (C=O) groups excluding carboxylic acids is 1. The summed E-state index contributed by atoms with van der Waals surface area (Å²) in [6.07, 6.45) is 0. The summed E-state index contributed by atoms with van der Waals surface area (Å²) in [4.78, 5) is 22.1. The lowest BCUT2D eigenvalue weighted by Crippen LogP contribution is -2.13. The number of hydrogen-bond acceptors (Lipinski definition) is 5. The predicted molar refractivity (Wildman–Crippen MR) is 86.8 cm³/mol. The third-order valence-electron chi connectivity index (χ3n) is 2.86. The molecule has 0 aliphatic heterocycles. The molecule has 0 heterocycles. The minimum Gasteiger partial charge on any atom is -0.380 e. The molecule has 3 N–H and O–H groups in total. The van der Waals surface area contributed by atoms with Gasteiger partial charge in [0, 0.05) is 29.3 Å². The van der Waals surface area contributed by atoms with E-state index in [1.807, 2.05) is 30.3 Å². The van der Waals surface area contributed by atoms with Gasteiger partial charge < -0.3 is 11.1 Å². The lowest BCUT2D eigenvalue weighted by atomic mass is 10.2. The standard InChI is InChI=1S/C15H15N3O3S/c16-15(19)10-22-14-7-2-1-6-13(14)17-9-11-4-3-5-12(8-11)18(20)21/h1-8,17H,9-10H2,(H2,16,19). The summed E-state index contributed by atoms with van der Waals surface area (Å²) >= 11 is 1.35. The van der Waals surface area contributed by atoms with Crippen molar-refractivity contribution in [1.29, 1.82) is 0 Å². The van der Waals surface area contributed by atoms with Crippen LogP contribution in [-0.4, -0.2) is 16.6 Å². The SMILES string of the molecule is NC(=O)CSc1ccccc1NCc1cccc([N+](=O)[O-])c1. The highest BCUT2D eigenvalue weighted by atomic mass is 32.2. The van der Waals surface area contributed by atoms with E-state index < -0.39 is 4.92 Å². The summed E-state index contributed by atoms with van der Waals surface area (Å²) in [6.45, 7) is 0.454. The first-order valence-electron chi connectivity index (χ1n) is 6.53. The van der Waals surface area contributed by atoms with Gasteiger partial charge in [0.05, 0.1) is 10.7 Å². The number of carbonyl (C=O) groups is 1. The fourth-order valence-corrected chi connectivity index (χ4v) is 2.63. The average molecular weight is 317 g/mol. The summed E-state index contributed by atoms with van der Waals surface area (Å²) < 4.78 is 0. The van der Waals surface area contributed by atoms with Gasteiger partial charge in [0.15, 0.2) is 0 Å². The average Bonchev–Trinajstić information content (AvgIpc) is 2.52. The second-order valence-electron chi connectivity index (χ2n) is 4.53. The van der Waals surface area contributed by atoms with Crippen molar-refractivity contribution in [2.75, 3.05) is 11.1 Å². The number of amides is 1. The number of nitro groups is 1. The Morgan fingerprint density at radius 1 is 1.23 bits per heavy atom. The van der Waals surface area contributed by atoms with Crippen LogP contribution in [0.25, 0.3) is 0 Å². The second kappa shape index (κ2) is 7.46. The van der Waals surface area contributed by atoms with Crippen molar-refractivity contribution in [3.63, 3.8) is 0 Å². The van der Waals surface area contributed by atoms with E-state index >= 15 is 0 Å². The van der Waals surface area contributed by atoms with E-state index in [1.165, 1.54) is 23.9 Å². The number of primary amides is 1. The van der Waals surface area contributed by atoms with Crippen LogP contribution in [0, 0.1) is 10.1 Å². The molecule has 0 saturated heterocycles. The summed E-state index contributed by atoms with van der Waals surface area (Å²) in [6, 6.07) is 14.0. The first-order valence-corrected chi connectivity index (χ1v) is 7.52. The quantitative estimate of drug-likeness (QED) is 0.465. The third kappa shape index (κ3) is 4.49. The fourth-order valence-electron chi connectivity index (χ4n) is 1.86. The van der Waals surface area contributed by atoms with Gasteiger partial charge in [0.2, 0.25) is 5.91 Å². The molecule has 2 aromatic rings. The molecule has 0 fully saturated rings. The van der Waals surface area contributed by atoms with Crippen LogP contribution >= 0.6 is 11.8 Å². The maximum absolute atomic E-state index is 10.9. The molecule has 2 aromatic carbocycles. The Labute approximate surface area is 131 Å². The highest BCUT2D eigenvalue weighted by molar-refractivity contribution is 8.00. The van der Waals surface area contributed by atoms with Gasteiger partial charge in [-0.3, -0.25) is 14.9 Å². The van der Waals surface area contributed by atoms with Crippen LogP contribution in [-0.2, 0) is 11.3 Å². The van der Waals surface area contributed by atoms with E-state index in [1.54, 1.807) is 6.07 Å². The predicted octanol–water partition coefficient (Wildman–Crippen LogP) is 2.78. The molecule has 0 bridgehead atoms. The first-order chi connectivity index (χ1) is 10.6. The number of nitrogens with one attached hydrogen (secondary N) is 1. The molecule has 0 spiro atoms. The highest BCUT2D eigenvalue weighted by Crippen LogP contribution is 2.27. The molecule has 0 radical (unpaired) electrons. The summed E-state index contributed by atoms with van der Waals surface area (Å²) in [7, 11) is 0. The van der Waals surface area contributed by atoms with Crippen LogP contribution < -0.4 is 11.1 Å². The van der Waals surface area contributed by atoms with E-state index in [0.29, 0.717) is 6.54 Å². The van der Waals surface area contributed by atoms with Crippen molar-refractivity contribution in [3.05, 3.63) is 64.2 Å². The number of non-ortho nitro benzene ring substituents is 1. The minimum absolute atomic E-state index is 0.0655. The second-order valence-corrected chi connectivity index (χ2v) is 5.55. The number of nitro benzene ring substituents is 1. The highest BCUT2D eigenvalue weighted by Gasteiger charge is 2.07.